The molecule has 2 heterocycles. The van der Waals surface area contributed by atoms with Gasteiger partial charge in [-0.2, -0.15) is 0 Å². The Bertz CT molecular complexity index is 648. The molecule has 2 rings (SSSR count). The van der Waals surface area contributed by atoms with Crippen molar-refractivity contribution in [3.63, 3.8) is 0 Å². The van der Waals surface area contributed by atoms with E-state index in [4.69, 9.17) is 0 Å². The molecule has 20 heavy (non-hydrogen) atoms. The number of carbonyl (C=O) groups excluding carboxylic acids is 2. The normalized spacial score (nSPS) is 20.4. The Kier molecular flexibility index (Phi) is 3.52. The van der Waals surface area contributed by atoms with Crippen LogP contribution in [0.5, 0.6) is 0 Å². The first-order valence-electron chi connectivity index (χ1n) is 5.54. The number of hydrogen-bond donors (Lipinski definition) is 1. The van der Waals surface area contributed by atoms with Gasteiger partial charge in [-0.25, -0.2) is 18.1 Å². The van der Waals surface area contributed by atoms with E-state index in [9.17, 15) is 23.1 Å². The van der Waals surface area contributed by atoms with Crippen molar-refractivity contribution in [3.8, 4) is 0 Å². The van der Waals surface area contributed by atoms with E-state index in [0.717, 1.165) is 4.90 Å². The lowest BCUT2D eigenvalue weighted by molar-refractivity contribution is -0.128. The zero-order chi connectivity index (χ0) is 15.2. The Morgan fingerprint density at radius 3 is 2.35 bits per heavy atom. The SMILES string of the molecule is CC(C)S(=O)(=O)c1nnc(N2C(=O)C(O)N(C)C2=O)s1. The first kappa shape index (κ1) is 14.8. The molecule has 0 saturated carbocycles. The summed E-state index contributed by atoms with van der Waals surface area (Å²) in [5.74, 6) is -0.887. The van der Waals surface area contributed by atoms with Gasteiger partial charge in [0.25, 0.3) is 5.91 Å². The van der Waals surface area contributed by atoms with Crippen molar-refractivity contribution in [3.05, 3.63) is 0 Å². The molecule has 0 bridgehead atoms. The van der Waals surface area contributed by atoms with Gasteiger partial charge < -0.3 is 5.11 Å². The minimum Gasteiger partial charge on any atom is -0.365 e. The van der Waals surface area contributed by atoms with Crippen molar-refractivity contribution in [1.82, 2.24) is 15.1 Å². The highest BCUT2D eigenvalue weighted by atomic mass is 32.2. The minimum absolute atomic E-state index is 0.178. The third-order valence-corrected chi connectivity index (χ3v) is 6.21. The Balaban J connectivity index is 2.40. The third-order valence-electron chi connectivity index (χ3n) is 2.75. The molecule has 110 valence electrons. The number of rotatable bonds is 3. The number of sulfone groups is 1. The van der Waals surface area contributed by atoms with Gasteiger partial charge >= 0.3 is 6.03 Å². The van der Waals surface area contributed by atoms with Crippen LogP contribution in [0.15, 0.2) is 4.34 Å². The zero-order valence-electron chi connectivity index (χ0n) is 10.8. The van der Waals surface area contributed by atoms with Gasteiger partial charge in [0.2, 0.25) is 25.5 Å². The van der Waals surface area contributed by atoms with Crippen molar-refractivity contribution in [1.29, 1.82) is 0 Å². The number of anilines is 1. The molecule has 1 aliphatic heterocycles. The van der Waals surface area contributed by atoms with Gasteiger partial charge in [-0.1, -0.05) is 11.3 Å². The fourth-order valence-electron chi connectivity index (χ4n) is 1.42. The number of aliphatic hydroxyl groups excluding tert-OH is 1. The zero-order valence-corrected chi connectivity index (χ0v) is 12.5. The van der Waals surface area contributed by atoms with Crippen LogP contribution in [-0.4, -0.2) is 59.1 Å². The number of amides is 3. The van der Waals surface area contributed by atoms with E-state index in [0.29, 0.717) is 16.2 Å². The van der Waals surface area contributed by atoms with Crippen LogP contribution in [0.25, 0.3) is 0 Å². The Morgan fingerprint density at radius 1 is 1.30 bits per heavy atom. The van der Waals surface area contributed by atoms with Crippen molar-refractivity contribution in [2.24, 2.45) is 0 Å². The van der Waals surface area contributed by atoms with E-state index >= 15 is 0 Å². The smallest absolute Gasteiger partial charge is 0.335 e. The summed E-state index contributed by atoms with van der Waals surface area (Å²) < 4.78 is 23.6. The lowest BCUT2D eigenvalue weighted by Crippen LogP contribution is -2.31. The van der Waals surface area contributed by atoms with Crippen LogP contribution >= 0.6 is 11.3 Å². The predicted molar refractivity (Wildman–Crippen MR) is 68.9 cm³/mol. The summed E-state index contributed by atoms with van der Waals surface area (Å²) in [6.07, 6.45) is -1.60. The van der Waals surface area contributed by atoms with Crippen LogP contribution in [0, 0.1) is 0 Å². The molecule has 3 amide bonds. The van der Waals surface area contributed by atoms with Gasteiger partial charge in [0.1, 0.15) is 0 Å². The monoisotopic (exact) mass is 320 g/mol. The highest BCUT2D eigenvalue weighted by Gasteiger charge is 2.45. The topological polar surface area (TPSA) is 121 Å². The fraction of sp³-hybridized carbons (Fsp3) is 0.556. The molecule has 1 saturated heterocycles. The number of urea groups is 1. The second kappa shape index (κ2) is 4.75. The summed E-state index contributed by atoms with van der Waals surface area (Å²) >= 11 is 0.613. The molecule has 1 aromatic heterocycles. The fourth-order valence-corrected chi connectivity index (χ4v) is 3.83. The Morgan fingerprint density at radius 2 is 1.90 bits per heavy atom. The molecule has 0 spiro atoms. The number of carbonyl (C=O) groups is 2. The maximum Gasteiger partial charge on any atom is 0.335 e. The first-order chi connectivity index (χ1) is 9.17. The van der Waals surface area contributed by atoms with Gasteiger partial charge in [-0.05, 0) is 13.8 Å². The van der Waals surface area contributed by atoms with E-state index < -0.39 is 33.3 Å². The maximum absolute atomic E-state index is 11.9. The molecule has 11 heteroatoms. The van der Waals surface area contributed by atoms with Crippen LogP contribution in [0.1, 0.15) is 13.8 Å². The average molecular weight is 320 g/mol. The number of nitrogens with zero attached hydrogens (tertiary/aromatic N) is 4. The van der Waals surface area contributed by atoms with Crippen molar-refractivity contribution in [2.75, 3.05) is 11.9 Å². The molecule has 0 aromatic carbocycles. The van der Waals surface area contributed by atoms with E-state index in [1.54, 1.807) is 0 Å². The second-order valence-corrected chi connectivity index (χ2v) is 8.02. The van der Waals surface area contributed by atoms with Crippen LogP contribution in [-0.2, 0) is 14.6 Å². The molecule has 1 unspecified atom stereocenters. The van der Waals surface area contributed by atoms with Gasteiger partial charge in [-0.15, -0.1) is 10.2 Å². The third kappa shape index (κ3) is 2.07. The number of likely N-dealkylation sites (N-methyl/N-ethyl adjacent to an activating group) is 1. The van der Waals surface area contributed by atoms with Crippen molar-refractivity contribution >= 4 is 38.2 Å². The molecule has 1 atom stereocenters. The maximum atomic E-state index is 11.9. The molecular weight excluding hydrogens is 308 g/mol. The number of hydrogen-bond acceptors (Lipinski definition) is 8. The number of aliphatic hydroxyl groups is 1. The van der Waals surface area contributed by atoms with Gasteiger partial charge in [0.15, 0.2) is 0 Å². The number of imide groups is 1. The summed E-state index contributed by atoms with van der Waals surface area (Å²) in [7, 11) is -2.38. The van der Waals surface area contributed by atoms with Gasteiger partial charge in [0, 0.05) is 7.05 Å². The molecule has 1 fully saturated rings. The van der Waals surface area contributed by atoms with E-state index in [2.05, 4.69) is 10.2 Å². The summed E-state index contributed by atoms with van der Waals surface area (Å²) in [6.45, 7) is 2.97. The van der Waals surface area contributed by atoms with Gasteiger partial charge in [0.05, 0.1) is 5.25 Å². The lowest BCUT2D eigenvalue weighted by atomic mass is 10.5. The molecular formula is C9H12N4O5S2. The van der Waals surface area contributed by atoms with Crippen LogP contribution < -0.4 is 4.90 Å². The number of aromatic nitrogens is 2. The summed E-state index contributed by atoms with van der Waals surface area (Å²) in [6, 6.07) is -0.785. The standard InChI is InChI=1S/C9H12N4O5S2/c1-4(2)20(17,18)8-11-10-7(19-8)13-6(15)5(14)12(3)9(13)16/h4-5,14H,1-3H3. The molecule has 1 aromatic rings. The lowest BCUT2D eigenvalue weighted by Gasteiger charge is -2.09. The predicted octanol–water partition coefficient (Wildman–Crippen LogP) is -0.563. The first-order valence-corrected chi connectivity index (χ1v) is 7.90. The summed E-state index contributed by atoms with van der Waals surface area (Å²) in [5, 5.41) is 15.7. The molecule has 1 N–H and O–H groups in total. The highest BCUT2D eigenvalue weighted by Crippen LogP contribution is 2.29. The van der Waals surface area contributed by atoms with Gasteiger partial charge in [-0.3, -0.25) is 9.69 Å². The summed E-state index contributed by atoms with van der Waals surface area (Å²) in [5.41, 5.74) is 0. The van der Waals surface area contributed by atoms with Crippen LogP contribution in [0.4, 0.5) is 9.93 Å². The van der Waals surface area contributed by atoms with Crippen molar-refractivity contribution in [2.45, 2.75) is 29.7 Å². The second-order valence-electron chi connectivity index (χ2n) is 4.39. The molecule has 9 nitrogen and oxygen atoms in total. The largest absolute Gasteiger partial charge is 0.365 e. The molecule has 0 aliphatic carbocycles. The van der Waals surface area contributed by atoms with Crippen molar-refractivity contribution < 1.29 is 23.1 Å². The Hall–Kier alpha value is -1.59. The molecule has 1 aliphatic rings. The quantitative estimate of drug-likeness (QED) is 0.585. The summed E-state index contributed by atoms with van der Waals surface area (Å²) in [4.78, 5) is 24.9. The van der Waals surface area contributed by atoms with Crippen LogP contribution in [0.2, 0.25) is 0 Å². The van der Waals surface area contributed by atoms with E-state index in [1.807, 2.05) is 0 Å². The Labute approximate surface area is 118 Å². The highest BCUT2D eigenvalue weighted by molar-refractivity contribution is 7.93. The molecule has 0 radical (unpaired) electrons. The minimum atomic E-state index is -3.63. The van der Waals surface area contributed by atoms with Crippen LogP contribution in [0.3, 0.4) is 0 Å². The van der Waals surface area contributed by atoms with E-state index in [-0.39, 0.29) is 9.47 Å². The average Bonchev–Trinajstić information content (AvgIpc) is 2.92. The van der Waals surface area contributed by atoms with E-state index in [1.165, 1.54) is 20.9 Å².